The number of amides is 2. The lowest BCUT2D eigenvalue weighted by molar-refractivity contribution is -0.897. The van der Waals surface area contributed by atoms with Crippen LogP contribution in [0, 0.1) is 5.92 Å². The molecule has 0 unspecified atom stereocenters. The van der Waals surface area contributed by atoms with Crippen molar-refractivity contribution in [3.05, 3.63) is 54.6 Å². The quantitative estimate of drug-likeness (QED) is 0.725. The lowest BCUT2D eigenvalue weighted by atomic mass is 9.96. The van der Waals surface area contributed by atoms with Gasteiger partial charge in [-0.15, -0.1) is 0 Å². The van der Waals surface area contributed by atoms with E-state index in [4.69, 9.17) is 4.74 Å². The molecule has 1 aliphatic heterocycles. The summed E-state index contributed by atoms with van der Waals surface area (Å²) in [5.41, 5.74) is 1.51. The largest absolute Gasteiger partial charge is 0.495 e. The standard InChI is InChI=1S/C21H25N3O3/c1-27-19-10-6-5-9-18(19)23-20(25)15-24-13-11-16(12-14-24)21(26)22-17-7-3-2-4-8-17/h2-10,16H,11-15H2,1H3,(H,22,26)(H,23,25)/p+1. The van der Waals surface area contributed by atoms with Crippen molar-refractivity contribution in [1.29, 1.82) is 0 Å². The molecule has 0 aromatic heterocycles. The van der Waals surface area contributed by atoms with Crippen molar-refractivity contribution < 1.29 is 19.2 Å². The summed E-state index contributed by atoms with van der Waals surface area (Å²) in [6, 6.07) is 16.9. The van der Waals surface area contributed by atoms with Gasteiger partial charge in [-0.1, -0.05) is 30.3 Å². The lowest BCUT2D eigenvalue weighted by Gasteiger charge is -2.28. The summed E-state index contributed by atoms with van der Waals surface area (Å²) in [5, 5.41) is 5.88. The number of methoxy groups -OCH3 is 1. The van der Waals surface area contributed by atoms with Crippen LogP contribution in [0.5, 0.6) is 5.75 Å². The molecule has 3 rings (SSSR count). The summed E-state index contributed by atoms with van der Waals surface area (Å²) in [6.07, 6.45) is 1.58. The molecule has 142 valence electrons. The van der Waals surface area contributed by atoms with Crippen LogP contribution in [0.25, 0.3) is 0 Å². The van der Waals surface area contributed by atoms with Gasteiger partial charge in [-0.2, -0.15) is 0 Å². The van der Waals surface area contributed by atoms with Crippen molar-refractivity contribution >= 4 is 23.2 Å². The molecule has 2 amide bonds. The Labute approximate surface area is 159 Å². The number of carbonyl (C=O) groups is 2. The van der Waals surface area contributed by atoms with E-state index < -0.39 is 0 Å². The van der Waals surface area contributed by atoms with E-state index in [1.807, 2.05) is 54.6 Å². The van der Waals surface area contributed by atoms with Gasteiger partial charge in [-0.05, 0) is 24.3 Å². The van der Waals surface area contributed by atoms with Crippen molar-refractivity contribution in [3.63, 3.8) is 0 Å². The van der Waals surface area contributed by atoms with Crippen LogP contribution < -0.4 is 20.3 Å². The topological polar surface area (TPSA) is 71.9 Å². The van der Waals surface area contributed by atoms with Gasteiger partial charge < -0.3 is 20.3 Å². The number of hydrogen-bond donors (Lipinski definition) is 3. The van der Waals surface area contributed by atoms with E-state index in [0.29, 0.717) is 18.0 Å². The molecule has 0 bridgehead atoms. The van der Waals surface area contributed by atoms with Crippen LogP contribution in [0.3, 0.4) is 0 Å². The third-order valence-corrected chi connectivity index (χ3v) is 4.90. The third-order valence-electron chi connectivity index (χ3n) is 4.90. The number of likely N-dealkylation sites (tertiary alicyclic amines) is 1. The molecule has 1 fully saturated rings. The lowest BCUT2D eigenvalue weighted by Crippen LogP contribution is -3.14. The van der Waals surface area contributed by atoms with Gasteiger partial charge in [0.25, 0.3) is 5.91 Å². The number of piperidine rings is 1. The SMILES string of the molecule is COc1ccccc1NC(=O)C[NH+]1CCC(C(=O)Nc2ccccc2)CC1. The zero-order valence-electron chi connectivity index (χ0n) is 15.5. The predicted octanol–water partition coefficient (Wildman–Crippen LogP) is 1.57. The van der Waals surface area contributed by atoms with Gasteiger partial charge in [0.05, 0.1) is 25.9 Å². The van der Waals surface area contributed by atoms with E-state index in [1.165, 1.54) is 4.90 Å². The predicted molar refractivity (Wildman–Crippen MR) is 105 cm³/mol. The fourth-order valence-electron chi connectivity index (χ4n) is 3.40. The first-order valence-electron chi connectivity index (χ1n) is 9.28. The summed E-state index contributed by atoms with van der Waals surface area (Å²) in [4.78, 5) is 25.9. The number of carbonyl (C=O) groups excluding carboxylic acids is 2. The average molecular weight is 368 g/mol. The van der Waals surface area contributed by atoms with Crippen LogP contribution in [-0.4, -0.2) is 38.6 Å². The number of rotatable bonds is 6. The number of para-hydroxylation sites is 3. The molecule has 1 saturated heterocycles. The summed E-state index contributed by atoms with van der Waals surface area (Å²) < 4.78 is 5.26. The van der Waals surface area contributed by atoms with Crippen LogP contribution >= 0.6 is 0 Å². The minimum Gasteiger partial charge on any atom is -0.495 e. The van der Waals surface area contributed by atoms with Gasteiger partial charge in [-0.3, -0.25) is 9.59 Å². The molecule has 0 saturated carbocycles. The molecular weight excluding hydrogens is 342 g/mol. The number of hydrogen-bond acceptors (Lipinski definition) is 3. The van der Waals surface area contributed by atoms with Crippen LogP contribution in [-0.2, 0) is 9.59 Å². The molecule has 2 aromatic carbocycles. The van der Waals surface area contributed by atoms with Gasteiger partial charge >= 0.3 is 0 Å². The molecule has 1 aliphatic rings. The molecule has 0 radical (unpaired) electrons. The maximum atomic E-state index is 12.4. The Morgan fingerprint density at radius 3 is 2.37 bits per heavy atom. The fourth-order valence-corrected chi connectivity index (χ4v) is 3.40. The highest BCUT2D eigenvalue weighted by Crippen LogP contribution is 2.22. The molecular formula is C21H26N3O3+. The zero-order valence-corrected chi connectivity index (χ0v) is 15.5. The highest BCUT2D eigenvalue weighted by Gasteiger charge is 2.28. The van der Waals surface area contributed by atoms with E-state index in [1.54, 1.807) is 7.11 Å². The average Bonchev–Trinajstić information content (AvgIpc) is 2.69. The van der Waals surface area contributed by atoms with Crippen molar-refractivity contribution in [3.8, 4) is 5.75 Å². The monoisotopic (exact) mass is 368 g/mol. The number of quaternary nitrogens is 1. The molecule has 2 aromatic rings. The van der Waals surface area contributed by atoms with E-state index >= 15 is 0 Å². The Hall–Kier alpha value is -2.86. The van der Waals surface area contributed by atoms with Crippen LogP contribution in [0.15, 0.2) is 54.6 Å². The molecule has 1 heterocycles. The van der Waals surface area contributed by atoms with Crippen molar-refractivity contribution in [1.82, 2.24) is 0 Å². The Morgan fingerprint density at radius 2 is 1.67 bits per heavy atom. The second-order valence-corrected chi connectivity index (χ2v) is 6.80. The van der Waals surface area contributed by atoms with Crippen molar-refractivity contribution in [2.24, 2.45) is 5.92 Å². The van der Waals surface area contributed by atoms with Crippen LogP contribution in [0.1, 0.15) is 12.8 Å². The summed E-state index contributed by atoms with van der Waals surface area (Å²) in [7, 11) is 1.58. The summed E-state index contributed by atoms with van der Waals surface area (Å²) in [5.74, 6) is 0.684. The van der Waals surface area contributed by atoms with Crippen LogP contribution in [0.4, 0.5) is 11.4 Å². The zero-order chi connectivity index (χ0) is 19.1. The highest BCUT2D eigenvalue weighted by molar-refractivity contribution is 5.93. The molecule has 6 heteroatoms. The summed E-state index contributed by atoms with van der Waals surface area (Å²) >= 11 is 0. The Balaban J connectivity index is 1.45. The maximum absolute atomic E-state index is 12.4. The Kier molecular flexibility index (Phi) is 6.44. The molecule has 3 N–H and O–H groups in total. The summed E-state index contributed by atoms with van der Waals surface area (Å²) in [6.45, 7) is 2.02. The molecule has 0 atom stereocenters. The number of ether oxygens (including phenoxy) is 1. The van der Waals surface area contributed by atoms with Crippen LogP contribution in [0.2, 0.25) is 0 Å². The van der Waals surface area contributed by atoms with Gasteiger partial charge in [0.1, 0.15) is 5.75 Å². The van der Waals surface area contributed by atoms with E-state index in [9.17, 15) is 9.59 Å². The van der Waals surface area contributed by atoms with Gasteiger partial charge in [0.15, 0.2) is 6.54 Å². The Morgan fingerprint density at radius 1 is 1.00 bits per heavy atom. The first-order chi connectivity index (χ1) is 13.2. The van der Waals surface area contributed by atoms with Gasteiger partial charge in [-0.25, -0.2) is 0 Å². The van der Waals surface area contributed by atoms with Crippen molar-refractivity contribution in [2.75, 3.05) is 37.4 Å². The minimum absolute atomic E-state index is 0.00577. The molecule has 0 aliphatic carbocycles. The number of benzene rings is 2. The highest BCUT2D eigenvalue weighted by atomic mass is 16.5. The fraction of sp³-hybridized carbons (Fsp3) is 0.333. The third kappa shape index (κ3) is 5.31. The normalized spacial score (nSPS) is 19.1. The van der Waals surface area contributed by atoms with Gasteiger partial charge in [0.2, 0.25) is 5.91 Å². The van der Waals surface area contributed by atoms with Crippen molar-refractivity contribution in [2.45, 2.75) is 12.8 Å². The second-order valence-electron chi connectivity index (χ2n) is 6.80. The Bertz CT molecular complexity index is 771. The van der Waals surface area contributed by atoms with Gasteiger partial charge in [0, 0.05) is 24.4 Å². The first-order valence-corrected chi connectivity index (χ1v) is 9.28. The van der Waals surface area contributed by atoms with E-state index in [-0.39, 0.29) is 17.7 Å². The first kappa shape index (κ1) is 18.9. The molecule has 27 heavy (non-hydrogen) atoms. The van der Waals surface area contributed by atoms with E-state index in [0.717, 1.165) is 31.6 Å². The van der Waals surface area contributed by atoms with E-state index in [2.05, 4.69) is 10.6 Å². The second kappa shape index (κ2) is 9.19. The smallest absolute Gasteiger partial charge is 0.279 e. The number of anilines is 2. The number of nitrogens with one attached hydrogen (secondary N) is 3. The minimum atomic E-state index is -0.0401. The molecule has 0 spiro atoms. The molecule has 6 nitrogen and oxygen atoms in total. The maximum Gasteiger partial charge on any atom is 0.279 e.